The molecule has 4 nitrogen and oxygen atoms in total. The summed E-state index contributed by atoms with van der Waals surface area (Å²) in [5, 5.41) is 0. The molecule has 0 spiro atoms. The molecule has 0 radical (unpaired) electrons. The average Bonchev–Trinajstić information content (AvgIpc) is 2.47. The Morgan fingerprint density at radius 2 is 1.85 bits per heavy atom. The topological polar surface area (TPSA) is 47.6 Å². The molecule has 5 heteroatoms. The minimum atomic E-state index is -1.24. The fourth-order valence-corrected chi connectivity index (χ4v) is 3.97. The molecule has 0 aliphatic heterocycles. The van der Waals surface area contributed by atoms with Crippen molar-refractivity contribution in [3.05, 3.63) is 17.7 Å². The molecule has 1 aliphatic carbocycles. The molecule has 112 valence electrons. The van der Waals surface area contributed by atoms with E-state index in [0.717, 1.165) is 24.2 Å². The molecule has 1 atom stereocenters. The second kappa shape index (κ2) is 7.09. The predicted octanol–water partition coefficient (Wildman–Crippen LogP) is 2.96. The molecule has 20 heavy (non-hydrogen) atoms. The Labute approximate surface area is 123 Å². The van der Waals surface area contributed by atoms with Gasteiger partial charge in [0, 0.05) is 11.6 Å². The van der Waals surface area contributed by atoms with Crippen LogP contribution in [-0.4, -0.2) is 24.5 Å². The molecule has 2 rings (SSSR count). The monoisotopic (exact) mass is 297 g/mol. The van der Waals surface area contributed by atoms with Crippen molar-refractivity contribution in [2.45, 2.75) is 50.0 Å². The van der Waals surface area contributed by atoms with E-state index in [1.807, 2.05) is 19.1 Å². The van der Waals surface area contributed by atoms with E-state index in [9.17, 15) is 4.21 Å². The summed E-state index contributed by atoms with van der Waals surface area (Å²) in [6, 6.07) is 4.00. The van der Waals surface area contributed by atoms with Gasteiger partial charge in [-0.05, 0) is 31.9 Å². The van der Waals surface area contributed by atoms with Gasteiger partial charge in [0.05, 0.1) is 19.1 Å². The summed E-state index contributed by atoms with van der Waals surface area (Å²) in [5.41, 5.74) is 0.881. The zero-order chi connectivity index (χ0) is 14.5. The molecule has 1 fully saturated rings. The number of hydrogen-bond acceptors (Lipinski definition) is 3. The lowest BCUT2D eigenvalue weighted by molar-refractivity contribution is 0.380. The van der Waals surface area contributed by atoms with E-state index in [2.05, 4.69) is 4.72 Å². The summed E-state index contributed by atoms with van der Waals surface area (Å²) in [6.45, 7) is 1.92. The van der Waals surface area contributed by atoms with Crippen molar-refractivity contribution in [2.75, 3.05) is 14.2 Å². The first-order chi connectivity index (χ1) is 9.67. The van der Waals surface area contributed by atoms with E-state index in [1.165, 1.54) is 19.3 Å². The van der Waals surface area contributed by atoms with Crippen molar-refractivity contribution in [2.24, 2.45) is 0 Å². The summed E-state index contributed by atoms with van der Waals surface area (Å²) in [4.78, 5) is 0.691. The van der Waals surface area contributed by atoms with Crippen LogP contribution in [0.4, 0.5) is 0 Å². The van der Waals surface area contributed by atoms with Gasteiger partial charge in [-0.25, -0.2) is 8.93 Å². The van der Waals surface area contributed by atoms with Crippen molar-refractivity contribution in [3.63, 3.8) is 0 Å². The molecule has 0 unspecified atom stereocenters. The summed E-state index contributed by atoms with van der Waals surface area (Å²) in [5.74, 6) is 1.39. The van der Waals surface area contributed by atoms with E-state index in [-0.39, 0.29) is 0 Å². The van der Waals surface area contributed by atoms with Gasteiger partial charge in [0.25, 0.3) is 0 Å². The van der Waals surface area contributed by atoms with Crippen LogP contribution < -0.4 is 14.2 Å². The number of ether oxygens (including phenoxy) is 2. The molecule has 0 saturated heterocycles. The van der Waals surface area contributed by atoms with Crippen molar-refractivity contribution < 1.29 is 13.7 Å². The lowest BCUT2D eigenvalue weighted by Gasteiger charge is -2.23. The Morgan fingerprint density at radius 3 is 2.45 bits per heavy atom. The molecule has 0 heterocycles. The van der Waals surface area contributed by atoms with Gasteiger partial charge in [-0.2, -0.15) is 0 Å². The van der Waals surface area contributed by atoms with Gasteiger partial charge in [0.15, 0.2) is 0 Å². The number of hydrogen-bond donors (Lipinski definition) is 1. The van der Waals surface area contributed by atoms with Crippen LogP contribution in [-0.2, 0) is 11.0 Å². The van der Waals surface area contributed by atoms with Crippen molar-refractivity contribution in [3.8, 4) is 11.5 Å². The fraction of sp³-hybridized carbons (Fsp3) is 0.600. The van der Waals surface area contributed by atoms with E-state index in [0.29, 0.717) is 16.7 Å². The Bertz CT molecular complexity index is 484. The van der Waals surface area contributed by atoms with Crippen LogP contribution in [0.3, 0.4) is 0 Å². The maximum Gasteiger partial charge on any atom is 0.142 e. The smallest absolute Gasteiger partial charge is 0.142 e. The Morgan fingerprint density at radius 1 is 1.15 bits per heavy atom. The number of rotatable bonds is 5. The first-order valence-electron chi connectivity index (χ1n) is 7.07. The minimum Gasteiger partial charge on any atom is -0.496 e. The largest absolute Gasteiger partial charge is 0.496 e. The fourth-order valence-electron chi connectivity index (χ4n) is 2.70. The summed E-state index contributed by atoms with van der Waals surface area (Å²) in [6.07, 6.45) is 5.92. The van der Waals surface area contributed by atoms with Crippen LogP contribution in [0.2, 0.25) is 0 Å². The molecule has 1 saturated carbocycles. The zero-order valence-electron chi connectivity index (χ0n) is 12.4. The predicted molar refractivity (Wildman–Crippen MR) is 80.7 cm³/mol. The quantitative estimate of drug-likeness (QED) is 0.909. The SMILES string of the molecule is COc1ccc([S@@](=O)NC2CCCCC2)c(OC)c1C. The number of nitrogens with one attached hydrogen (secondary N) is 1. The Balaban J connectivity index is 2.18. The van der Waals surface area contributed by atoms with E-state index < -0.39 is 11.0 Å². The first kappa shape index (κ1) is 15.3. The van der Waals surface area contributed by atoms with Gasteiger partial charge in [-0.15, -0.1) is 0 Å². The third-order valence-electron chi connectivity index (χ3n) is 3.82. The summed E-state index contributed by atoms with van der Waals surface area (Å²) in [7, 11) is 1.98. The zero-order valence-corrected chi connectivity index (χ0v) is 13.2. The maximum atomic E-state index is 12.5. The van der Waals surface area contributed by atoms with Crippen LogP contribution in [0.25, 0.3) is 0 Å². The molecule has 0 bridgehead atoms. The molecular weight excluding hydrogens is 274 g/mol. The molecular formula is C15H23NO3S. The van der Waals surface area contributed by atoms with Gasteiger partial charge in [-0.3, -0.25) is 0 Å². The van der Waals surface area contributed by atoms with E-state index in [1.54, 1.807) is 14.2 Å². The standard InChI is InChI=1S/C15H23NO3S/c1-11-13(18-2)9-10-14(15(11)19-3)20(17)16-12-7-5-4-6-8-12/h9-10,12,16H,4-8H2,1-3H3/t20-/m1/s1. The molecule has 1 aliphatic rings. The third kappa shape index (κ3) is 3.33. The molecule has 1 aromatic carbocycles. The van der Waals surface area contributed by atoms with Crippen LogP contribution in [0, 0.1) is 6.92 Å². The van der Waals surface area contributed by atoms with Gasteiger partial charge < -0.3 is 9.47 Å². The Hall–Kier alpha value is -1.07. The molecule has 1 N–H and O–H groups in total. The van der Waals surface area contributed by atoms with Gasteiger partial charge in [0.1, 0.15) is 22.5 Å². The normalized spacial score (nSPS) is 17.8. The highest BCUT2D eigenvalue weighted by Crippen LogP contribution is 2.33. The number of benzene rings is 1. The number of methoxy groups -OCH3 is 2. The van der Waals surface area contributed by atoms with Gasteiger partial charge in [0.2, 0.25) is 0 Å². The van der Waals surface area contributed by atoms with Crippen LogP contribution in [0.5, 0.6) is 11.5 Å². The maximum absolute atomic E-state index is 12.5. The highest BCUT2D eigenvalue weighted by Gasteiger charge is 2.20. The van der Waals surface area contributed by atoms with Crippen molar-refractivity contribution >= 4 is 11.0 Å². The molecule has 1 aromatic rings. The first-order valence-corrected chi connectivity index (χ1v) is 8.22. The van der Waals surface area contributed by atoms with Gasteiger partial charge >= 0.3 is 0 Å². The van der Waals surface area contributed by atoms with E-state index >= 15 is 0 Å². The van der Waals surface area contributed by atoms with Gasteiger partial charge in [-0.1, -0.05) is 19.3 Å². The highest BCUT2D eigenvalue weighted by molar-refractivity contribution is 7.83. The second-order valence-corrected chi connectivity index (χ2v) is 6.36. The highest BCUT2D eigenvalue weighted by atomic mass is 32.2. The van der Waals surface area contributed by atoms with Crippen molar-refractivity contribution in [1.82, 2.24) is 4.72 Å². The van der Waals surface area contributed by atoms with Crippen LogP contribution >= 0.6 is 0 Å². The van der Waals surface area contributed by atoms with E-state index in [4.69, 9.17) is 9.47 Å². The van der Waals surface area contributed by atoms with Crippen molar-refractivity contribution in [1.29, 1.82) is 0 Å². The summed E-state index contributed by atoms with van der Waals surface area (Å²) < 4.78 is 26.4. The molecule has 0 aromatic heterocycles. The average molecular weight is 297 g/mol. The minimum absolute atomic E-state index is 0.344. The van der Waals surface area contributed by atoms with Crippen LogP contribution in [0.15, 0.2) is 17.0 Å². The van der Waals surface area contributed by atoms with Crippen LogP contribution in [0.1, 0.15) is 37.7 Å². The Kier molecular flexibility index (Phi) is 5.43. The summed E-state index contributed by atoms with van der Waals surface area (Å²) >= 11 is 0. The second-order valence-electron chi connectivity index (χ2n) is 5.15. The third-order valence-corrected chi connectivity index (χ3v) is 5.09. The molecule has 0 amide bonds. The lowest BCUT2D eigenvalue weighted by atomic mass is 9.96. The lowest BCUT2D eigenvalue weighted by Crippen LogP contribution is -2.32.